The van der Waals surface area contributed by atoms with E-state index in [0.717, 1.165) is 17.7 Å². The minimum atomic E-state index is -3.39. The quantitative estimate of drug-likeness (QED) is 0.843. The Hall–Kier alpha value is -1.56. The van der Waals surface area contributed by atoms with Crippen LogP contribution >= 0.6 is 0 Å². The summed E-state index contributed by atoms with van der Waals surface area (Å²) in [4.78, 5) is 16.6. The maximum atomic E-state index is 12.7. The topological polar surface area (TPSA) is 57.7 Å². The average molecular weight is 338 g/mol. The van der Waals surface area contributed by atoms with Crippen LogP contribution in [0.15, 0.2) is 24.3 Å². The Labute approximate surface area is 139 Å². The van der Waals surface area contributed by atoms with Crippen molar-refractivity contribution in [2.75, 3.05) is 24.2 Å². The predicted molar refractivity (Wildman–Crippen MR) is 93.3 cm³/mol. The van der Waals surface area contributed by atoms with E-state index in [4.69, 9.17) is 0 Å². The van der Waals surface area contributed by atoms with Crippen LogP contribution in [0, 0.1) is 0 Å². The van der Waals surface area contributed by atoms with Gasteiger partial charge in [0.1, 0.15) is 5.75 Å². The van der Waals surface area contributed by atoms with Crippen LogP contribution in [0.2, 0.25) is 0 Å². The molecule has 1 aromatic rings. The molecule has 0 radical (unpaired) electrons. The normalized spacial score (nSPS) is 18.7. The molecule has 0 saturated carbocycles. The molecule has 1 aromatic carbocycles. The highest BCUT2D eigenvalue weighted by Gasteiger charge is 2.31. The highest BCUT2D eigenvalue weighted by molar-refractivity contribution is 7.92. The standard InChI is InChI=1S/C17H26N2O3S/c1-5-15-11-18(4)16-9-7-6-8-14(16)10-19(15)17(20)12-23(21,22)13(2)3/h6-9,13,15H,5,10-12H2,1-4H3. The number of sulfone groups is 1. The summed E-state index contributed by atoms with van der Waals surface area (Å²) in [5.41, 5.74) is 2.16. The van der Waals surface area contributed by atoms with Gasteiger partial charge in [-0.3, -0.25) is 4.79 Å². The van der Waals surface area contributed by atoms with Crippen LogP contribution in [-0.2, 0) is 21.2 Å². The molecule has 1 heterocycles. The number of carbonyl (C=O) groups excluding carboxylic acids is 1. The third-order valence-corrected chi connectivity index (χ3v) is 6.59. The van der Waals surface area contributed by atoms with Crippen LogP contribution in [0.5, 0.6) is 0 Å². The molecule has 1 atom stereocenters. The first-order chi connectivity index (χ1) is 10.8. The third-order valence-electron chi connectivity index (χ3n) is 4.50. The molecule has 0 fully saturated rings. The van der Waals surface area contributed by atoms with E-state index in [1.807, 2.05) is 38.2 Å². The van der Waals surface area contributed by atoms with Crippen LogP contribution in [0.4, 0.5) is 5.69 Å². The molecule has 0 saturated heterocycles. The number of benzene rings is 1. The molecule has 0 aromatic heterocycles. The second kappa shape index (κ2) is 6.91. The number of amides is 1. The van der Waals surface area contributed by atoms with Crippen molar-refractivity contribution in [2.45, 2.75) is 45.0 Å². The summed E-state index contributed by atoms with van der Waals surface area (Å²) in [7, 11) is -1.37. The van der Waals surface area contributed by atoms with Crippen molar-refractivity contribution in [3.8, 4) is 0 Å². The third kappa shape index (κ3) is 3.86. The Morgan fingerprint density at radius 2 is 1.96 bits per heavy atom. The molecule has 0 spiro atoms. The molecular weight excluding hydrogens is 312 g/mol. The van der Waals surface area contributed by atoms with Gasteiger partial charge in [-0.1, -0.05) is 25.1 Å². The highest BCUT2D eigenvalue weighted by atomic mass is 32.2. The molecule has 2 rings (SSSR count). The van der Waals surface area contributed by atoms with Crippen molar-refractivity contribution in [2.24, 2.45) is 0 Å². The zero-order valence-electron chi connectivity index (χ0n) is 14.3. The minimum Gasteiger partial charge on any atom is -0.372 e. The van der Waals surface area contributed by atoms with Gasteiger partial charge in [-0.15, -0.1) is 0 Å². The van der Waals surface area contributed by atoms with Crippen molar-refractivity contribution in [1.29, 1.82) is 0 Å². The van der Waals surface area contributed by atoms with Gasteiger partial charge in [0.2, 0.25) is 5.91 Å². The largest absolute Gasteiger partial charge is 0.372 e. The van der Waals surface area contributed by atoms with Crippen LogP contribution < -0.4 is 4.90 Å². The molecule has 0 aliphatic carbocycles. The first kappa shape index (κ1) is 17.8. The zero-order chi connectivity index (χ0) is 17.2. The molecule has 0 bridgehead atoms. The van der Waals surface area contributed by atoms with E-state index >= 15 is 0 Å². The Morgan fingerprint density at radius 3 is 2.57 bits per heavy atom. The van der Waals surface area contributed by atoms with Crippen LogP contribution in [0.25, 0.3) is 0 Å². The number of likely N-dealkylation sites (N-methyl/N-ethyl adjacent to an activating group) is 1. The fourth-order valence-electron chi connectivity index (χ4n) is 2.91. The maximum absolute atomic E-state index is 12.7. The van der Waals surface area contributed by atoms with Gasteiger partial charge in [0, 0.05) is 31.9 Å². The Morgan fingerprint density at radius 1 is 1.30 bits per heavy atom. The first-order valence-electron chi connectivity index (χ1n) is 8.06. The summed E-state index contributed by atoms with van der Waals surface area (Å²) in [6.45, 7) is 6.44. The van der Waals surface area contributed by atoms with Gasteiger partial charge in [-0.05, 0) is 31.9 Å². The van der Waals surface area contributed by atoms with Gasteiger partial charge in [-0.25, -0.2) is 8.42 Å². The van der Waals surface area contributed by atoms with Gasteiger partial charge in [-0.2, -0.15) is 0 Å². The number of anilines is 1. The number of carbonyl (C=O) groups is 1. The smallest absolute Gasteiger partial charge is 0.238 e. The lowest BCUT2D eigenvalue weighted by atomic mass is 10.1. The van der Waals surface area contributed by atoms with Gasteiger partial charge >= 0.3 is 0 Å². The fraction of sp³-hybridized carbons (Fsp3) is 0.588. The number of nitrogens with zero attached hydrogens (tertiary/aromatic N) is 2. The summed E-state index contributed by atoms with van der Waals surface area (Å²) < 4.78 is 24.2. The van der Waals surface area contributed by atoms with E-state index in [-0.39, 0.29) is 11.9 Å². The number of hydrogen-bond donors (Lipinski definition) is 0. The molecule has 1 aliphatic rings. The lowest BCUT2D eigenvalue weighted by molar-refractivity contribution is -0.131. The summed E-state index contributed by atoms with van der Waals surface area (Å²) >= 11 is 0. The van der Waals surface area contributed by atoms with E-state index in [0.29, 0.717) is 13.1 Å². The SMILES string of the molecule is CCC1CN(C)c2ccccc2CN1C(=O)CS(=O)(=O)C(C)C. The summed E-state index contributed by atoms with van der Waals surface area (Å²) in [6, 6.07) is 7.99. The first-order valence-corrected chi connectivity index (χ1v) is 9.78. The van der Waals surface area contributed by atoms with Crippen LogP contribution in [0.3, 0.4) is 0 Å². The second-order valence-electron chi connectivity index (χ2n) is 6.45. The molecule has 128 valence electrons. The minimum absolute atomic E-state index is 0.0160. The van der Waals surface area contributed by atoms with Gasteiger partial charge in [0.15, 0.2) is 9.84 Å². The van der Waals surface area contributed by atoms with E-state index in [9.17, 15) is 13.2 Å². The lowest BCUT2D eigenvalue weighted by Crippen LogP contribution is -2.46. The molecular formula is C17H26N2O3S. The predicted octanol–water partition coefficient (Wildman–Crippen LogP) is 2.07. The Kier molecular flexibility index (Phi) is 5.34. The van der Waals surface area contributed by atoms with Gasteiger partial charge in [0.25, 0.3) is 0 Å². The summed E-state index contributed by atoms with van der Waals surface area (Å²) in [6.07, 6.45) is 0.797. The lowest BCUT2D eigenvalue weighted by Gasteiger charge is -2.31. The molecule has 1 aliphatic heterocycles. The zero-order valence-corrected chi connectivity index (χ0v) is 15.1. The van der Waals surface area contributed by atoms with Crippen LogP contribution in [-0.4, -0.2) is 49.9 Å². The van der Waals surface area contributed by atoms with Crippen molar-refractivity contribution in [3.63, 3.8) is 0 Å². The molecule has 1 amide bonds. The van der Waals surface area contributed by atoms with E-state index in [1.54, 1.807) is 18.7 Å². The van der Waals surface area contributed by atoms with E-state index in [1.165, 1.54) is 0 Å². The number of fused-ring (bicyclic) bond motifs is 1. The molecule has 0 N–H and O–H groups in total. The molecule has 6 heteroatoms. The Balaban J connectivity index is 2.31. The number of rotatable bonds is 4. The van der Waals surface area contributed by atoms with Crippen molar-refractivity contribution >= 4 is 21.4 Å². The van der Waals surface area contributed by atoms with Crippen molar-refractivity contribution in [3.05, 3.63) is 29.8 Å². The summed E-state index contributed by atoms with van der Waals surface area (Å²) in [5.74, 6) is -0.705. The summed E-state index contributed by atoms with van der Waals surface area (Å²) in [5, 5.41) is -0.534. The van der Waals surface area contributed by atoms with Crippen molar-refractivity contribution < 1.29 is 13.2 Å². The average Bonchev–Trinajstić information content (AvgIpc) is 2.63. The highest BCUT2D eigenvalue weighted by Crippen LogP contribution is 2.27. The number of hydrogen-bond acceptors (Lipinski definition) is 4. The van der Waals surface area contributed by atoms with Crippen LogP contribution in [0.1, 0.15) is 32.8 Å². The van der Waals surface area contributed by atoms with Crippen molar-refractivity contribution in [1.82, 2.24) is 4.90 Å². The fourth-order valence-corrected chi connectivity index (χ4v) is 3.75. The molecule has 5 nitrogen and oxygen atoms in total. The van der Waals surface area contributed by atoms with E-state index in [2.05, 4.69) is 4.90 Å². The molecule has 1 unspecified atom stereocenters. The Bertz CT molecular complexity index is 670. The number of para-hydroxylation sites is 1. The van der Waals surface area contributed by atoms with E-state index < -0.39 is 20.8 Å². The van der Waals surface area contributed by atoms with Gasteiger partial charge in [0.05, 0.1) is 5.25 Å². The maximum Gasteiger partial charge on any atom is 0.238 e. The van der Waals surface area contributed by atoms with Gasteiger partial charge < -0.3 is 9.80 Å². The molecule has 23 heavy (non-hydrogen) atoms. The second-order valence-corrected chi connectivity index (χ2v) is 9.01. The monoisotopic (exact) mass is 338 g/mol.